The van der Waals surface area contributed by atoms with Crippen molar-refractivity contribution in [3.63, 3.8) is 0 Å². The Morgan fingerprint density at radius 3 is 2.61 bits per heavy atom. The summed E-state index contributed by atoms with van der Waals surface area (Å²) in [5, 5.41) is 5.24. The van der Waals surface area contributed by atoms with Gasteiger partial charge in [-0.25, -0.2) is 0 Å². The van der Waals surface area contributed by atoms with E-state index in [1.807, 2.05) is 24.3 Å². The van der Waals surface area contributed by atoms with Gasteiger partial charge in [-0.15, -0.1) is 11.3 Å². The normalized spacial score (nSPS) is 16.4. The zero-order chi connectivity index (χ0) is 16.1. The molecule has 1 aliphatic heterocycles. The topological polar surface area (TPSA) is 32.3 Å². The van der Waals surface area contributed by atoms with Gasteiger partial charge in [-0.1, -0.05) is 34.1 Å². The van der Waals surface area contributed by atoms with Gasteiger partial charge in [-0.3, -0.25) is 9.69 Å². The highest BCUT2D eigenvalue weighted by atomic mass is 79.9. The fourth-order valence-electron chi connectivity index (χ4n) is 3.00. The molecule has 0 spiro atoms. The zero-order valence-electron chi connectivity index (χ0n) is 13.0. The molecule has 1 aliphatic rings. The number of benzene rings is 1. The van der Waals surface area contributed by atoms with E-state index in [0.29, 0.717) is 19.0 Å². The fraction of sp³-hybridized carbons (Fsp3) is 0.389. The standard InChI is InChI=1S/C18H21BrN2OS/c19-15-7-5-14(6-8-15)12-18(22)20-13-16(17-4-3-11-23-17)21-9-1-2-10-21/h3-8,11,16H,1-2,9-10,12-13H2,(H,20,22). The summed E-state index contributed by atoms with van der Waals surface area (Å²) in [5.41, 5.74) is 1.04. The number of hydrogen-bond donors (Lipinski definition) is 1. The van der Waals surface area contributed by atoms with Crippen LogP contribution in [-0.2, 0) is 11.2 Å². The Balaban J connectivity index is 1.57. The maximum Gasteiger partial charge on any atom is 0.224 e. The van der Waals surface area contributed by atoms with Gasteiger partial charge in [-0.2, -0.15) is 0 Å². The lowest BCUT2D eigenvalue weighted by atomic mass is 10.1. The molecule has 3 nitrogen and oxygen atoms in total. The number of hydrogen-bond acceptors (Lipinski definition) is 3. The van der Waals surface area contributed by atoms with Gasteiger partial charge < -0.3 is 5.32 Å². The van der Waals surface area contributed by atoms with Crippen LogP contribution in [-0.4, -0.2) is 30.4 Å². The van der Waals surface area contributed by atoms with Crippen LogP contribution in [0.3, 0.4) is 0 Å². The van der Waals surface area contributed by atoms with Gasteiger partial charge in [0.05, 0.1) is 12.5 Å². The van der Waals surface area contributed by atoms with Crippen molar-refractivity contribution in [1.29, 1.82) is 0 Å². The minimum Gasteiger partial charge on any atom is -0.354 e. The summed E-state index contributed by atoms with van der Waals surface area (Å²) >= 11 is 5.19. The molecule has 3 rings (SSSR count). The second kappa shape index (κ2) is 8.08. The van der Waals surface area contributed by atoms with Crippen LogP contribution < -0.4 is 5.32 Å². The van der Waals surface area contributed by atoms with Gasteiger partial charge >= 0.3 is 0 Å². The smallest absolute Gasteiger partial charge is 0.224 e. The highest BCUT2D eigenvalue weighted by Crippen LogP contribution is 2.27. The van der Waals surface area contributed by atoms with Gasteiger partial charge in [0.15, 0.2) is 0 Å². The average molecular weight is 393 g/mol. The molecule has 1 unspecified atom stereocenters. The van der Waals surface area contributed by atoms with Crippen LogP contribution in [0.1, 0.15) is 29.3 Å². The van der Waals surface area contributed by atoms with Gasteiger partial charge in [0.25, 0.3) is 0 Å². The number of halogens is 1. The van der Waals surface area contributed by atoms with Crippen molar-refractivity contribution < 1.29 is 4.79 Å². The molecule has 1 fully saturated rings. The third-order valence-corrected chi connectivity index (χ3v) is 5.73. The maximum atomic E-state index is 12.2. The lowest BCUT2D eigenvalue weighted by Gasteiger charge is -2.27. The molecule has 0 bridgehead atoms. The third kappa shape index (κ3) is 4.66. The van der Waals surface area contributed by atoms with Crippen molar-refractivity contribution in [3.8, 4) is 0 Å². The fourth-order valence-corrected chi connectivity index (χ4v) is 4.13. The SMILES string of the molecule is O=C(Cc1ccc(Br)cc1)NCC(c1cccs1)N1CCCC1. The van der Waals surface area contributed by atoms with Crippen molar-refractivity contribution in [1.82, 2.24) is 10.2 Å². The second-order valence-electron chi connectivity index (χ2n) is 5.88. The van der Waals surface area contributed by atoms with E-state index in [2.05, 4.69) is 43.7 Å². The highest BCUT2D eigenvalue weighted by Gasteiger charge is 2.24. The molecule has 5 heteroatoms. The van der Waals surface area contributed by atoms with E-state index in [0.717, 1.165) is 23.1 Å². The van der Waals surface area contributed by atoms with E-state index in [-0.39, 0.29) is 5.91 Å². The number of rotatable bonds is 6. The van der Waals surface area contributed by atoms with Gasteiger partial charge in [0, 0.05) is 15.9 Å². The van der Waals surface area contributed by atoms with E-state index in [1.165, 1.54) is 17.7 Å². The second-order valence-corrected chi connectivity index (χ2v) is 7.78. The predicted molar refractivity (Wildman–Crippen MR) is 98.7 cm³/mol. The van der Waals surface area contributed by atoms with Crippen molar-refractivity contribution >= 4 is 33.2 Å². The molecule has 0 radical (unpaired) electrons. The molecule has 2 aromatic rings. The van der Waals surface area contributed by atoms with Gasteiger partial charge in [0.1, 0.15) is 0 Å². The summed E-state index contributed by atoms with van der Waals surface area (Å²) in [5.74, 6) is 0.0908. The summed E-state index contributed by atoms with van der Waals surface area (Å²) in [6, 6.07) is 12.5. The monoisotopic (exact) mass is 392 g/mol. The molecule has 23 heavy (non-hydrogen) atoms. The van der Waals surface area contributed by atoms with Crippen molar-refractivity contribution in [2.75, 3.05) is 19.6 Å². The molecule has 1 aromatic heterocycles. The largest absolute Gasteiger partial charge is 0.354 e. The average Bonchev–Trinajstić information content (AvgIpc) is 3.24. The molecular formula is C18H21BrN2OS. The Labute approximate surface area is 149 Å². The molecule has 1 N–H and O–H groups in total. The van der Waals surface area contributed by atoms with E-state index in [4.69, 9.17) is 0 Å². The molecule has 1 aromatic carbocycles. The molecule has 2 heterocycles. The predicted octanol–water partition coefficient (Wildman–Crippen LogP) is 4.01. The van der Waals surface area contributed by atoms with E-state index in [9.17, 15) is 4.79 Å². The van der Waals surface area contributed by atoms with Crippen LogP contribution in [0.4, 0.5) is 0 Å². The molecule has 0 aliphatic carbocycles. The number of nitrogens with zero attached hydrogens (tertiary/aromatic N) is 1. The lowest BCUT2D eigenvalue weighted by molar-refractivity contribution is -0.120. The van der Waals surface area contributed by atoms with E-state index >= 15 is 0 Å². The van der Waals surface area contributed by atoms with Crippen molar-refractivity contribution in [3.05, 3.63) is 56.7 Å². The number of nitrogens with one attached hydrogen (secondary N) is 1. The Morgan fingerprint density at radius 2 is 1.96 bits per heavy atom. The molecular weight excluding hydrogens is 372 g/mol. The van der Waals surface area contributed by atoms with E-state index in [1.54, 1.807) is 11.3 Å². The summed E-state index contributed by atoms with van der Waals surface area (Å²) in [7, 11) is 0. The summed E-state index contributed by atoms with van der Waals surface area (Å²) in [6.45, 7) is 2.95. The zero-order valence-corrected chi connectivity index (χ0v) is 15.4. The number of likely N-dealkylation sites (tertiary alicyclic amines) is 1. The first-order valence-corrected chi connectivity index (χ1v) is 9.68. The minimum atomic E-state index is 0.0908. The van der Waals surface area contributed by atoms with Crippen LogP contribution in [0.2, 0.25) is 0 Å². The Morgan fingerprint density at radius 1 is 1.22 bits per heavy atom. The van der Waals surface area contributed by atoms with Crippen LogP contribution in [0.15, 0.2) is 46.3 Å². The number of amides is 1. The van der Waals surface area contributed by atoms with Crippen LogP contribution in [0.25, 0.3) is 0 Å². The van der Waals surface area contributed by atoms with Gasteiger partial charge in [-0.05, 0) is 55.1 Å². The van der Waals surface area contributed by atoms with Crippen molar-refractivity contribution in [2.24, 2.45) is 0 Å². The molecule has 122 valence electrons. The maximum absolute atomic E-state index is 12.2. The first kappa shape index (κ1) is 16.7. The molecule has 1 saturated heterocycles. The van der Waals surface area contributed by atoms with Gasteiger partial charge in [0.2, 0.25) is 5.91 Å². The minimum absolute atomic E-state index is 0.0908. The Hall–Kier alpha value is -1.17. The van der Waals surface area contributed by atoms with Crippen LogP contribution >= 0.6 is 27.3 Å². The first-order chi connectivity index (χ1) is 11.2. The Kier molecular flexibility index (Phi) is 5.86. The summed E-state index contributed by atoms with van der Waals surface area (Å²) in [6.07, 6.45) is 2.95. The highest BCUT2D eigenvalue weighted by molar-refractivity contribution is 9.10. The molecule has 1 amide bonds. The summed E-state index contributed by atoms with van der Waals surface area (Å²) in [4.78, 5) is 16.1. The quantitative estimate of drug-likeness (QED) is 0.805. The van der Waals surface area contributed by atoms with Crippen LogP contribution in [0.5, 0.6) is 0 Å². The third-order valence-electron chi connectivity index (χ3n) is 4.22. The van der Waals surface area contributed by atoms with E-state index < -0.39 is 0 Å². The molecule has 1 atom stereocenters. The van der Waals surface area contributed by atoms with Crippen molar-refractivity contribution in [2.45, 2.75) is 25.3 Å². The van der Waals surface area contributed by atoms with Crippen LogP contribution in [0, 0.1) is 0 Å². The Bertz CT molecular complexity index is 621. The molecule has 0 saturated carbocycles. The number of carbonyl (C=O) groups excluding carboxylic acids is 1. The first-order valence-electron chi connectivity index (χ1n) is 8.01. The summed E-state index contributed by atoms with van der Waals surface area (Å²) < 4.78 is 1.04. The number of carbonyl (C=O) groups is 1. The number of thiophene rings is 1. The lowest BCUT2D eigenvalue weighted by Crippen LogP contribution is -2.37.